The van der Waals surface area contributed by atoms with Crippen LogP contribution in [0.3, 0.4) is 0 Å². The molecule has 3 fully saturated rings. The summed E-state index contributed by atoms with van der Waals surface area (Å²) in [6.45, 7) is 5.61. The molecule has 0 aromatic heterocycles. The van der Waals surface area contributed by atoms with E-state index in [0.717, 1.165) is 24.1 Å². The molecule has 3 aliphatic rings. The molecule has 0 radical (unpaired) electrons. The first-order valence-electron chi connectivity index (χ1n) is 13.6. The van der Waals surface area contributed by atoms with Crippen LogP contribution < -0.4 is 5.73 Å². The number of likely N-dealkylation sites (tertiary alicyclic amines) is 1. The van der Waals surface area contributed by atoms with Crippen LogP contribution in [-0.4, -0.2) is 40.2 Å². The summed E-state index contributed by atoms with van der Waals surface area (Å²) >= 11 is 0. The smallest absolute Gasteiger partial charge is 0.229 e. The Bertz CT molecular complexity index is 1230. The standard InChI is InChI=1S/C32H36N4O/c1-20(2)28-26-25-14-9-19-35(25)30(23-15-17-24(18-16-23)31(33)34)27(26)32(37)36(28)29(21-10-5-3-6-11-21)22-12-7-4-8-13-22/h3-8,10-13,15-18,20,25-30H,9,14,19H2,1-2H3,(H3,33,34)/t25-,26-,27-,28+,30-/m0/s1. The Hall–Kier alpha value is -3.44. The lowest BCUT2D eigenvalue weighted by atomic mass is 9.78. The number of carbonyl (C=O) groups is 1. The maximum atomic E-state index is 14.7. The minimum Gasteiger partial charge on any atom is -0.384 e. The number of amidine groups is 1. The highest BCUT2D eigenvalue weighted by Gasteiger charge is 2.64. The second kappa shape index (κ2) is 9.46. The zero-order valence-corrected chi connectivity index (χ0v) is 21.6. The molecule has 0 saturated carbocycles. The van der Waals surface area contributed by atoms with E-state index in [4.69, 9.17) is 11.1 Å². The molecule has 0 unspecified atom stereocenters. The van der Waals surface area contributed by atoms with Gasteiger partial charge in [0.05, 0.1) is 12.0 Å². The number of carbonyl (C=O) groups excluding carboxylic acids is 1. The van der Waals surface area contributed by atoms with Crippen LogP contribution >= 0.6 is 0 Å². The predicted octanol–water partition coefficient (Wildman–Crippen LogP) is 5.38. The average Bonchev–Trinajstić information content (AvgIpc) is 3.58. The van der Waals surface area contributed by atoms with E-state index in [9.17, 15) is 4.79 Å². The van der Waals surface area contributed by atoms with E-state index in [1.807, 2.05) is 24.3 Å². The van der Waals surface area contributed by atoms with E-state index in [2.05, 4.69) is 84.3 Å². The van der Waals surface area contributed by atoms with Gasteiger partial charge in [0.1, 0.15) is 5.84 Å². The summed E-state index contributed by atoms with van der Waals surface area (Å²) in [7, 11) is 0. The maximum absolute atomic E-state index is 14.7. The van der Waals surface area contributed by atoms with Gasteiger partial charge in [0.15, 0.2) is 0 Å². The van der Waals surface area contributed by atoms with Gasteiger partial charge in [-0.3, -0.25) is 15.1 Å². The topological polar surface area (TPSA) is 73.4 Å². The van der Waals surface area contributed by atoms with Crippen molar-refractivity contribution in [2.75, 3.05) is 6.54 Å². The van der Waals surface area contributed by atoms with Crippen molar-refractivity contribution >= 4 is 11.7 Å². The van der Waals surface area contributed by atoms with Gasteiger partial charge in [-0.1, -0.05) is 98.8 Å². The fraction of sp³-hybridized carbons (Fsp3) is 0.375. The van der Waals surface area contributed by atoms with Gasteiger partial charge in [-0.25, -0.2) is 0 Å². The van der Waals surface area contributed by atoms with Gasteiger partial charge in [-0.15, -0.1) is 0 Å². The van der Waals surface area contributed by atoms with Gasteiger partial charge < -0.3 is 10.6 Å². The van der Waals surface area contributed by atoms with E-state index in [0.29, 0.717) is 17.9 Å². The SMILES string of the molecule is CC(C)[C@@H]1[C@@H]2[C@H](C(=O)N1C(c1ccccc1)c1ccccc1)[C@H](c1ccc(C(=N)N)cc1)N1CCC[C@@H]21. The first-order valence-corrected chi connectivity index (χ1v) is 13.6. The average molecular weight is 493 g/mol. The summed E-state index contributed by atoms with van der Waals surface area (Å²) in [4.78, 5) is 19.6. The Morgan fingerprint density at radius 2 is 1.51 bits per heavy atom. The van der Waals surface area contributed by atoms with Crippen molar-refractivity contribution < 1.29 is 4.79 Å². The van der Waals surface area contributed by atoms with Crippen LogP contribution in [0.2, 0.25) is 0 Å². The fourth-order valence-corrected chi connectivity index (χ4v) is 7.58. The summed E-state index contributed by atoms with van der Waals surface area (Å²) in [5, 5.41) is 7.80. The van der Waals surface area contributed by atoms with Crippen molar-refractivity contribution in [2.45, 2.75) is 50.9 Å². The monoisotopic (exact) mass is 492 g/mol. The Labute approximate surface area is 219 Å². The molecule has 37 heavy (non-hydrogen) atoms. The number of hydrogen-bond donors (Lipinski definition) is 2. The van der Waals surface area contributed by atoms with E-state index in [-0.39, 0.29) is 35.8 Å². The highest BCUT2D eigenvalue weighted by atomic mass is 16.2. The second-order valence-corrected chi connectivity index (χ2v) is 11.2. The van der Waals surface area contributed by atoms with Gasteiger partial charge in [0.25, 0.3) is 0 Å². The third-order valence-corrected chi connectivity index (χ3v) is 8.91. The number of benzene rings is 3. The molecule has 1 amide bonds. The van der Waals surface area contributed by atoms with E-state index < -0.39 is 0 Å². The summed E-state index contributed by atoms with van der Waals surface area (Å²) < 4.78 is 0. The Balaban J connectivity index is 1.47. The molecule has 3 N–H and O–H groups in total. The highest BCUT2D eigenvalue weighted by Crippen LogP contribution is 2.58. The highest BCUT2D eigenvalue weighted by molar-refractivity contribution is 5.95. The second-order valence-electron chi connectivity index (χ2n) is 11.2. The number of hydrogen-bond acceptors (Lipinski definition) is 3. The molecular formula is C32H36N4O. The molecule has 0 spiro atoms. The molecule has 3 aromatic carbocycles. The summed E-state index contributed by atoms with van der Waals surface area (Å²) in [5.74, 6) is 0.913. The van der Waals surface area contributed by atoms with Crippen LogP contribution in [0.1, 0.15) is 61.0 Å². The van der Waals surface area contributed by atoms with Crippen LogP contribution in [0.15, 0.2) is 84.9 Å². The number of nitrogen functional groups attached to an aromatic ring is 1. The normalized spacial score (nSPS) is 27.2. The van der Waals surface area contributed by atoms with Crippen molar-refractivity contribution in [3.63, 3.8) is 0 Å². The number of amides is 1. The Morgan fingerprint density at radius 3 is 2.05 bits per heavy atom. The van der Waals surface area contributed by atoms with Crippen molar-refractivity contribution in [3.8, 4) is 0 Å². The fourth-order valence-electron chi connectivity index (χ4n) is 7.58. The quantitative estimate of drug-likeness (QED) is 0.358. The molecule has 3 aromatic rings. The third-order valence-electron chi connectivity index (χ3n) is 8.91. The number of fused-ring (bicyclic) bond motifs is 3. The van der Waals surface area contributed by atoms with Gasteiger partial charge in [0.2, 0.25) is 5.91 Å². The predicted molar refractivity (Wildman–Crippen MR) is 147 cm³/mol. The van der Waals surface area contributed by atoms with Gasteiger partial charge in [-0.05, 0) is 42.0 Å². The largest absolute Gasteiger partial charge is 0.384 e. The van der Waals surface area contributed by atoms with E-state index >= 15 is 0 Å². The van der Waals surface area contributed by atoms with Crippen LogP contribution in [0.4, 0.5) is 0 Å². The Morgan fingerprint density at radius 1 is 0.919 bits per heavy atom. The number of nitrogens with one attached hydrogen (secondary N) is 1. The molecule has 5 atom stereocenters. The van der Waals surface area contributed by atoms with Gasteiger partial charge in [-0.2, -0.15) is 0 Å². The molecule has 5 heteroatoms. The molecule has 3 heterocycles. The summed E-state index contributed by atoms with van der Waals surface area (Å²) in [6, 6.07) is 29.6. The number of rotatable bonds is 6. The molecule has 0 bridgehead atoms. The van der Waals surface area contributed by atoms with E-state index in [1.165, 1.54) is 17.5 Å². The zero-order valence-electron chi connectivity index (χ0n) is 21.6. The maximum Gasteiger partial charge on any atom is 0.229 e. The molecule has 3 saturated heterocycles. The molecule has 0 aliphatic carbocycles. The lowest BCUT2D eigenvalue weighted by molar-refractivity contribution is -0.135. The van der Waals surface area contributed by atoms with Crippen molar-refractivity contribution in [1.82, 2.24) is 9.80 Å². The number of nitrogens with two attached hydrogens (primary N) is 1. The van der Waals surface area contributed by atoms with Gasteiger partial charge >= 0.3 is 0 Å². The van der Waals surface area contributed by atoms with Crippen molar-refractivity contribution in [2.24, 2.45) is 23.5 Å². The minimum atomic E-state index is -0.108. The van der Waals surface area contributed by atoms with Crippen LogP contribution in [0, 0.1) is 23.2 Å². The first kappa shape index (κ1) is 23.9. The summed E-state index contributed by atoms with van der Waals surface area (Å²) in [6.07, 6.45) is 2.32. The van der Waals surface area contributed by atoms with E-state index in [1.54, 1.807) is 0 Å². The van der Waals surface area contributed by atoms with Crippen LogP contribution in [0.25, 0.3) is 0 Å². The lowest BCUT2D eigenvalue weighted by Crippen LogP contribution is -2.46. The summed E-state index contributed by atoms with van der Waals surface area (Å²) in [5.41, 5.74) is 9.96. The molecule has 5 nitrogen and oxygen atoms in total. The third kappa shape index (κ3) is 3.88. The van der Waals surface area contributed by atoms with Crippen molar-refractivity contribution in [3.05, 3.63) is 107 Å². The lowest BCUT2D eigenvalue weighted by Gasteiger charge is -2.40. The zero-order chi connectivity index (χ0) is 25.7. The molecule has 6 rings (SSSR count). The molecular weight excluding hydrogens is 456 g/mol. The van der Waals surface area contributed by atoms with Crippen molar-refractivity contribution in [1.29, 1.82) is 5.41 Å². The minimum absolute atomic E-state index is 0.0597. The first-order chi connectivity index (χ1) is 18.0. The van der Waals surface area contributed by atoms with Crippen LogP contribution in [-0.2, 0) is 4.79 Å². The molecule has 190 valence electrons. The molecule has 3 aliphatic heterocycles. The Kier molecular flexibility index (Phi) is 6.12. The number of nitrogens with zero attached hydrogens (tertiary/aromatic N) is 2. The van der Waals surface area contributed by atoms with Gasteiger partial charge in [0, 0.05) is 29.6 Å². The van der Waals surface area contributed by atoms with Crippen LogP contribution in [0.5, 0.6) is 0 Å².